The fourth-order valence-electron chi connectivity index (χ4n) is 2.84. The molecule has 0 bridgehead atoms. The van der Waals surface area contributed by atoms with Crippen LogP contribution in [0.2, 0.25) is 0 Å². The smallest absolute Gasteiger partial charge is 0.241 e. The standard InChI is InChI=1S/C15H18N4O2/c20-14(8-19-11-16-10-18-19)17-9-15(21)7-3-5-12-4-1-2-6-13(12)15/h1-2,4,6,10-11,21H,3,5,7-9H2,(H,17,20)/t15-/m0/s1. The SMILES string of the molecule is O=C(Cn1cncn1)NC[C@@]1(O)CCCc2ccccc21. The van der Waals surface area contributed by atoms with Gasteiger partial charge in [0, 0.05) is 0 Å². The van der Waals surface area contributed by atoms with Crippen LogP contribution in [0.15, 0.2) is 36.9 Å². The molecule has 2 N–H and O–H groups in total. The lowest BCUT2D eigenvalue weighted by Crippen LogP contribution is -2.43. The van der Waals surface area contributed by atoms with Crippen LogP contribution in [0, 0.1) is 0 Å². The van der Waals surface area contributed by atoms with Crippen LogP contribution in [-0.2, 0) is 23.4 Å². The van der Waals surface area contributed by atoms with Gasteiger partial charge in [-0.25, -0.2) is 9.67 Å². The highest BCUT2D eigenvalue weighted by Crippen LogP contribution is 2.34. The Labute approximate surface area is 122 Å². The van der Waals surface area contributed by atoms with Gasteiger partial charge in [0.2, 0.25) is 5.91 Å². The minimum absolute atomic E-state index is 0.109. The van der Waals surface area contributed by atoms with Crippen LogP contribution in [0.3, 0.4) is 0 Å². The van der Waals surface area contributed by atoms with Gasteiger partial charge in [-0.2, -0.15) is 5.10 Å². The molecular weight excluding hydrogens is 268 g/mol. The lowest BCUT2D eigenvalue weighted by atomic mass is 9.79. The first-order valence-electron chi connectivity index (χ1n) is 7.07. The summed E-state index contributed by atoms with van der Waals surface area (Å²) in [5, 5.41) is 17.5. The van der Waals surface area contributed by atoms with E-state index in [1.54, 1.807) is 0 Å². The fourth-order valence-corrected chi connectivity index (χ4v) is 2.84. The maximum absolute atomic E-state index is 11.9. The van der Waals surface area contributed by atoms with Gasteiger partial charge in [0.1, 0.15) is 24.8 Å². The number of amides is 1. The summed E-state index contributed by atoms with van der Waals surface area (Å²) in [7, 11) is 0. The molecule has 1 aliphatic carbocycles. The van der Waals surface area contributed by atoms with Crippen molar-refractivity contribution in [1.82, 2.24) is 20.1 Å². The predicted molar refractivity (Wildman–Crippen MR) is 76.3 cm³/mol. The molecule has 6 heteroatoms. The first kappa shape index (κ1) is 13.8. The summed E-state index contributed by atoms with van der Waals surface area (Å²) >= 11 is 0. The molecule has 2 aromatic rings. The maximum Gasteiger partial charge on any atom is 0.241 e. The average Bonchev–Trinajstić information content (AvgIpc) is 2.99. The summed E-state index contributed by atoms with van der Waals surface area (Å²) in [6.45, 7) is 0.329. The Bertz CT molecular complexity index is 626. The first-order chi connectivity index (χ1) is 10.2. The highest BCUT2D eigenvalue weighted by Gasteiger charge is 2.34. The van der Waals surface area contributed by atoms with E-state index in [1.807, 2.05) is 24.3 Å². The highest BCUT2D eigenvalue weighted by molar-refractivity contribution is 5.75. The van der Waals surface area contributed by atoms with Gasteiger partial charge in [-0.05, 0) is 30.4 Å². The third-order valence-corrected chi connectivity index (χ3v) is 3.91. The number of fused-ring (bicyclic) bond motifs is 1. The van der Waals surface area contributed by atoms with Crippen molar-refractivity contribution < 1.29 is 9.90 Å². The van der Waals surface area contributed by atoms with Crippen LogP contribution in [0.1, 0.15) is 24.0 Å². The zero-order valence-corrected chi connectivity index (χ0v) is 11.7. The van der Waals surface area contributed by atoms with Crippen molar-refractivity contribution in [1.29, 1.82) is 0 Å². The van der Waals surface area contributed by atoms with E-state index in [-0.39, 0.29) is 19.0 Å². The number of nitrogens with zero attached hydrogens (tertiary/aromatic N) is 3. The van der Waals surface area contributed by atoms with Gasteiger partial charge < -0.3 is 10.4 Å². The topological polar surface area (TPSA) is 80.0 Å². The third-order valence-electron chi connectivity index (χ3n) is 3.91. The molecular formula is C15H18N4O2. The van der Waals surface area contributed by atoms with Crippen LogP contribution in [0.4, 0.5) is 0 Å². The van der Waals surface area contributed by atoms with Gasteiger partial charge in [-0.3, -0.25) is 4.79 Å². The normalized spacial score (nSPS) is 20.8. The molecule has 21 heavy (non-hydrogen) atoms. The molecule has 0 radical (unpaired) electrons. The van der Waals surface area contributed by atoms with Crippen LogP contribution in [0.25, 0.3) is 0 Å². The molecule has 110 valence electrons. The maximum atomic E-state index is 11.9. The Morgan fingerprint density at radius 2 is 2.29 bits per heavy atom. The molecule has 1 heterocycles. The number of nitrogens with one attached hydrogen (secondary N) is 1. The van der Waals surface area contributed by atoms with Crippen molar-refractivity contribution in [2.45, 2.75) is 31.4 Å². The van der Waals surface area contributed by atoms with Crippen LogP contribution in [0.5, 0.6) is 0 Å². The molecule has 1 atom stereocenters. The van der Waals surface area contributed by atoms with Crippen molar-refractivity contribution in [3.05, 3.63) is 48.0 Å². The largest absolute Gasteiger partial charge is 0.383 e. The van der Waals surface area contributed by atoms with E-state index in [1.165, 1.54) is 17.3 Å². The van der Waals surface area contributed by atoms with Crippen molar-refractivity contribution in [2.75, 3.05) is 6.54 Å². The van der Waals surface area contributed by atoms with Gasteiger partial charge in [0.15, 0.2) is 0 Å². The number of aromatic nitrogens is 3. The number of hydrogen-bond donors (Lipinski definition) is 2. The third kappa shape index (κ3) is 2.95. The van der Waals surface area contributed by atoms with Gasteiger partial charge in [0.25, 0.3) is 0 Å². The number of rotatable bonds is 4. The minimum Gasteiger partial charge on any atom is -0.383 e. The Morgan fingerprint density at radius 1 is 1.43 bits per heavy atom. The Hall–Kier alpha value is -2.21. The van der Waals surface area contributed by atoms with Crippen molar-refractivity contribution in [2.24, 2.45) is 0 Å². The zero-order chi connectivity index (χ0) is 14.7. The second kappa shape index (κ2) is 5.65. The zero-order valence-electron chi connectivity index (χ0n) is 11.7. The molecule has 3 rings (SSSR count). The summed E-state index contributed by atoms with van der Waals surface area (Å²) in [6, 6.07) is 7.88. The minimum atomic E-state index is -0.979. The summed E-state index contributed by atoms with van der Waals surface area (Å²) < 4.78 is 1.45. The molecule has 0 spiro atoms. The van der Waals surface area contributed by atoms with E-state index in [0.29, 0.717) is 6.42 Å². The summed E-state index contributed by atoms with van der Waals surface area (Å²) in [5.74, 6) is -0.183. The molecule has 1 amide bonds. The summed E-state index contributed by atoms with van der Waals surface area (Å²) in [5.41, 5.74) is 1.11. The molecule has 1 aromatic carbocycles. The number of hydrogen-bond acceptors (Lipinski definition) is 4. The van der Waals surface area contributed by atoms with E-state index in [4.69, 9.17) is 0 Å². The van der Waals surface area contributed by atoms with Crippen LogP contribution in [-0.4, -0.2) is 32.3 Å². The summed E-state index contributed by atoms with van der Waals surface area (Å²) in [6.07, 6.45) is 5.44. The van der Waals surface area contributed by atoms with Gasteiger partial charge in [-0.1, -0.05) is 24.3 Å². The number of benzene rings is 1. The van der Waals surface area contributed by atoms with Crippen molar-refractivity contribution in [3.8, 4) is 0 Å². The number of carbonyl (C=O) groups is 1. The van der Waals surface area contributed by atoms with Crippen LogP contribution >= 0.6 is 0 Å². The molecule has 0 aliphatic heterocycles. The molecule has 1 aromatic heterocycles. The molecule has 0 saturated carbocycles. The van der Waals surface area contributed by atoms with Gasteiger partial charge >= 0.3 is 0 Å². The van der Waals surface area contributed by atoms with Crippen LogP contribution < -0.4 is 5.32 Å². The molecule has 6 nitrogen and oxygen atoms in total. The Morgan fingerprint density at radius 3 is 3.10 bits per heavy atom. The fraction of sp³-hybridized carbons (Fsp3) is 0.400. The van der Waals surface area contributed by atoms with Gasteiger partial charge in [-0.15, -0.1) is 0 Å². The lowest BCUT2D eigenvalue weighted by Gasteiger charge is -2.34. The predicted octanol–water partition coefficient (Wildman–Crippen LogP) is 0.618. The highest BCUT2D eigenvalue weighted by atomic mass is 16.3. The van der Waals surface area contributed by atoms with E-state index >= 15 is 0 Å². The molecule has 0 unspecified atom stereocenters. The first-order valence-corrected chi connectivity index (χ1v) is 7.07. The van der Waals surface area contributed by atoms with Crippen molar-refractivity contribution in [3.63, 3.8) is 0 Å². The molecule has 0 saturated heterocycles. The summed E-state index contributed by atoms with van der Waals surface area (Å²) in [4.78, 5) is 15.7. The molecule has 0 fully saturated rings. The van der Waals surface area contributed by atoms with E-state index in [2.05, 4.69) is 15.4 Å². The number of carbonyl (C=O) groups excluding carboxylic acids is 1. The quantitative estimate of drug-likeness (QED) is 0.863. The average molecular weight is 286 g/mol. The van der Waals surface area contributed by atoms with E-state index < -0.39 is 5.60 Å². The lowest BCUT2D eigenvalue weighted by molar-refractivity contribution is -0.123. The Balaban J connectivity index is 1.66. The second-order valence-electron chi connectivity index (χ2n) is 5.41. The second-order valence-corrected chi connectivity index (χ2v) is 5.41. The van der Waals surface area contributed by atoms with E-state index in [0.717, 1.165) is 24.0 Å². The van der Waals surface area contributed by atoms with Crippen molar-refractivity contribution >= 4 is 5.91 Å². The van der Waals surface area contributed by atoms with E-state index in [9.17, 15) is 9.90 Å². The number of aryl methyl sites for hydroxylation is 1. The monoisotopic (exact) mass is 286 g/mol. The molecule has 1 aliphatic rings. The van der Waals surface area contributed by atoms with Gasteiger partial charge in [0.05, 0.1) is 6.54 Å². The number of aliphatic hydroxyl groups is 1. The Kier molecular flexibility index (Phi) is 3.70.